The molecule has 0 unspecified atom stereocenters. The second-order valence-electron chi connectivity index (χ2n) is 6.57. The Bertz CT molecular complexity index is 679. The molecule has 25 heavy (non-hydrogen) atoms. The molecule has 1 saturated heterocycles. The average Bonchev–Trinajstić information content (AvgIpc) is 2.67. The summed E-state index contributed by atoms with van der Waals surface area (Å²) >= 11 is 0. The Morgan fingerprint density at radius 2 is 1.76 bits per heavy atom. The molecule has 4 heteroatoms. The van der Waals surface area contributed by atoms with E-state index < -0.39 is 0 Å². The number of benzene rings is 2. The molecule has 2 aromatic carbocycles. The zero-order valence-electron chi connectivity index (χ0n) is 14.8. The molecular formula is C21H26N2O2. The molecule has 3 rings (SSSR count). The summed E-state index contributed by atoms with van der Waals surface area (Å²) in [4.78, 5) is 14.4. The quantitative estimate of drug-likeness (QED) is 0.875. The number of hydrogen-bond acceptors (Lipinski definition) is 3. The number of carbonyl (C=O) groups is 1. The number of para-hydroxylation sites is 2. The molecule has 1 fully saturated rings. The van der Waals surface area contributed by atoms with Crippen molar-refractivity contribution in [3.63, 3.8) is 0 Å². The summed E-state index contributed by atoms with van der Waals surface area (Å²) in [5.41, 5.74) is 2.25. The van der Waals surface area contributed by atoms with Crippen LogP contribution in [0.15, 0.2) is 54.6 Å². The van der Waals surface area contributed by atoms with Gasteiger partial charge in [-0.05, 0) is 42.9 Å². The first-order valence-electron chi connectivity index (χ1n) is 8.95. The van der Waals surface area contributed by atoms with Gasteiger partial charge in [-0.3, -0.25) is 4.79 Å². The van der Waals surface area contributed by atoms with Crippen LogP contribution in [0.2, 0.25) is 0 Å². The molecule has 1 amide bonds. The van der Waals surface area contributed by atoms with Gasteiger partial charge in [0.05, 0.1) is 19.3 Å². The lowest BCUT2D eigenvalue weighted by molar-refractivity contribution is -0.130. The summed E-state index contributed by atoms with van der Waals surface area (Å²) in [6.45, 7) is 2.01. The molecule has 1 aliphatic rings. The van der Waals surface area contributed by atoms with Crippen LogP contribution in [0.4, 0.5) is 5.69 Å². The third-order valence-corrected chi connectivity index (χ3v) is 4.87. The highest BCUT2D eigenvalue weighted by Gasteiger charge is 2.22. The Labute approximate surface area is 149 Å². The Hall–Kier alpha value is -2.49. The fraction of sp³-hybridized carbons (Fsp3) is 0.381. The van der Waals surface area contributed by atoms with Crippen LogP contribution in [0.3, 0.4) is 0 Å². The summed E-state index contributed by atoms with van der Waals surface area (Å²) in [5, 5.41) is 3.20. The molecule has 0 aliphatic carbocycles. The van der Waals surface area contributed by atoms with Crippen LogP contribution in [-0.4, -0.2) is 37.6 Å². The van der Waals surface area contributed by atoms with E-state index in [1.165, 1.54) is 5.56 Å². The zero-order valence-corrected chi connectivity index (χ0v) is 14.8. The summed E-state index contributed by atoms with van der Waals surface area (Å²) in [5.74, 6) is 1.59. The van der Waals surface area contributed by atoms with E-state index in [2.05, 4.69) is 35.6 Å². The number of ether oxygens (including phenoxy) is 1. The van der Waals surface area contributed by atoms with Crippen molar-refractivity contribution in [3.05, 3.63) is 60.2 Å². The number of anilines is 1. The van der Waals surface area contributed by atoms with Crippen molar-refractivity contribution in [3.8, 4) is 5.75 Å². The third kappa shape index (κ3) is 4.75. The highest BCUT2D eigenvalue weighted by molar-refractivity contribution is 5.81. The first-order valence-corrected chi connectivity index (χ1v) is 8.95. The molecule has 4 nitrogen and oxygen atoms in total. The SMILES string of the molecule is COc1ccccc1NCC(=O)N1CCC(Cc2ccccc2)CC1. The maximum absolute atomic E-state index is 12.5. The predicted molar refractivity (Wildman–Crippen MR) is 101 cm³/mol. The molecule has 0 atom stereocenters. The normalized spacial score (nSPS) is 15.0. The van der Waals surface area contributed by atoms with E-state index in [0.717, 1.165) is 43.8 Å². The molecule has 132 valence electrons. The van der Waals surface area contributed by atoms with E-state index in [1.54, 1.807) is 7.11 Å². The number of amides is 1. The van der Waals surface area contributed by atoms with Gasteiger partial charge in [-0.15, -0.1) is 0 Å². The van der Waals surface area contributed by atoms with Gasteiger partial charge in [0.15, 0.2) is 0 Å². The van der Waals surface area contributed by atoms with Crippen LogP contribution in [0.25, 0.3) is 0 Å². The van der Waals surface area contributed by atoms with Crippen LogP contribution < -0.4 is 10.1 Å². The number of nitrogens with zero attached hydrogens (tertiary/aromatic N) is 1. The number of nitrogens with one attached hydrogen (secondary N) is 1. The van der Waals surface area contributed by atoms with Gasteiger partial charge < -0.3 is 15.0 Å². The molecule has 0 saturated carbocycles. The smallest absolute Gasteiger partial charge is 0.241 e. The fourth-order valence-electron chi connectivity index (χ4n) is 3.41. The fourth-order valence-corrected chi connectivity index (χ4v) is 3.41. The number of likely N-dealkylation sites (tertiary alicyclic amines) is 1. The maximum atomic E-state index is 12.5. The van der Waals surface area contributed by atoms with Gasteiger partial charge >= 0.3 is 0 Å². The predicted octanol–water partition coefficient (Wildman–Crippen LogP) is 3.59. The molecule has 1 heterocycles. The number of piperidine rings is 1. The van der Waals surface area contributed by atoms with Crippen molar-refractivity contribution >= 4 is 11.6 Å². The minimum atomic E-state index is 0.157. The highest BCUT2D eigenvalue weighted by atomic mass is 16.5. The Morgan fingerprint density at radius 1 is 1.08 bits per heavy atom. The minimum absolute atomic E-state index is 0.157. The van der Waals surface area contributed by atoms with Crippen molar-refractivity contribution in [1.29, 1.82) is 0 Å². The van der Waals surface area contributed by atoms with Crippen molar-refractivity contribution in [2.24, 2.45) is 5.92 Å². The van der Waals surface area contributed by atoms with Crippen molar-refractivity contribution in [2.45, 2.75) is 19.3 Å². The molecule has 0 radical (unpaired) electrons. The zero-order chi connectivity index (χ0) is 17.5. The number of carbonyl (C=O) groups excluding carboxylic acids is 1. The van der Waals surface area contributed by atoms with E-state index in [-0.39, 0.29) is 5.91 Å². The van der Waals surface area contributed by atoms with Crippen molar-refractivity contribution in [2.75, 3.05) is 32.1 Å². The number of rotatable bonds is 6. The van der Waals surface area contributed by atoms with Crippen LogP contribution in [-0.2, 0) is 11.2 Å². The van der Waals surface area contributed by atoms with Crippen LogP contribution >= 0.6 is 0 Å². The molecule has 0 aromatic heterocycles. The van der Waals surface area contributed by atoms with E-state index in [9.17, 15) is 4.79 Å². The first kappa shape index (κ1) is 17.3. The standard InChI is InChI=1S/C21H26N2O2/c1-25-20-10-6-5-9-19(20)22-16-21(24)23-13-11-18(12-14-23)15-17-7-3-2-4-8-17/h2-10,18,22H,11-16H2,1H3. The van der Waals surface area contributed by atoms with Crippen LogP contribution in [0.1, 0.15) is 18.4 Å². The Morgan fingerprint density at radius 3 is 2.48 bits per heavy atom. The summed E-state index contributed by atoms with van der Waals surface area (Å²) in [6, 6.07) is 18.3. The van der Waals surface area contributed by atoms with Gasteiger partial charge in [0, 0.05) is 13.1 Å². The lowest BCUT2D eigenvalue weighted by Gasteiger charge is -2.32. The van der Waals surface area contributed by atoms with Gasteiger partial charge in [0.2, 0.25) is 5.91 Å². The lowest BCUT2D eigenvalue weighted by atomic mass is 9.90. The Kier molecular flexibility index (Phi) is 5.94. The highest BCUT2D eigenvalue weighted by Crippen LogP contribution is 2.24. The van der Waals surface area contributed by atoms with Crippen molar-refractivity contribution < 1.29 is 9.53 Å². The first-order chi connectivity index (χ1) is 12.3. The molecule has 2 aromatic rings. The minimum Gasteiger partial charge on any atom is -0.495 e. The van der Waals surface area contributed by atoms with Gasteiger partial charge in [-0.25, -0.2) is 0 Å². The lowest BCUT2D eigenvalue weighted by Crippen LogP contribution is -2.41. The van der Waals surface area contributed by atoms with E-state index in [0.29, 0.717) is 12.5 Å². The molecule has 0 bridgehead atoms. The summed E-state index contributed by atoms with van der Waals surface area (Å²) < 4.78 is 5.31. The molecular weight excluding hydrogens is 312 g/mol. The number of hydrogen-bond donors (Lipinski definition) is 1. The van der Waals surface area contributed by atoms with Gasteiger partial charge in [-0.1, -0.05) is 42.5 Å². The second kappa shape index (κ2) is 8.56. The number of methoxy groups -OCH3 is 1. The molecule has 1 N–H and O–H groups in total. The Balaban J connectivity index is 1.45. The van der Waals surface area contributed by atoms with Crippen molar-refractivity contribution in [1.82, 2.24) is 4.90 Å². The van der Waals surface area contributed by atoms with Crippen LogP contribution in [0, 0.1) is 5.92 Å². The van der Waals surface area contributed by atoms with E-state index >= 15 is 0 Å². The second-order valence-corrected chi connectivity index (χ2v) is 6.57. The average molecular weight is 338 g/mol. The molecule has 0 spiro atoms. The van der Waals surface area contributed by atoms with Gasteiger partial charge in [-0.2, -0.15) is 0 Å². The third-order valence-electron chi connectivity index (χ3n) is 4.87. The maximum Gasteiger partial charge on any atom is 0.241 e. The molecule has 1 aliphatic heterocycles. The summed E-state index contributed by atoms with van der Waals surface area (Å²) in [6.07, 6.45) is 3.27. The van der Waals surface area contributed by atoms with E-state index in [4.69, 9.17) is 4.74 Å². The van der Waals surface area contributed by atoms with Gasteiger partial charge in [0.25, 0.3) is 0 Å². The largest absolute Gasteiger partial charge is 0.495 e. The topological polar surface area (TPSA) is 41.6 Å². The van der Waals surface area contributed by atoms with Gasteiger partial charge in [0.1, 0.15) is 5.75 Å². The van der Waals surface area contributed by atoms with Crippen LogP contribution in [0.5, 0.6) is 5.75 Å². The monoisotopic (exact) mass is 338 g/mol. The van der Waals surface area contributed by atoms with E-state index in [1.807, 2.05) is 29.2 Å². The summed E-state index contributed by atoms with van der Waals surface area (Å²) in [7, 11) is 1.64.